The van der Waals surface area contributed by atoms with Gasteiger partial charge in [-0.1, -0.05) is 24.3 Å². The lowest BCUT2D eigenvalue weighted by atomic mass is 10.0. The van der Waals surface area contributed by atoms with E-state index in [4.69, 9.17) is 24.4 Å². The van der Waals surface area contributed by atoms with Crippen LogP contribution in [-0.4, -0.2) is 46.2 Å². The van der Waals surface area contributed by atoms with Gasteiger partial charge in [-0.3, -0.25) is 10.1 Å². The Morgan fingerprint density at radius 2 is 1.95 bits per heavy atom. The molecule has 1 saturated carbocycles. The fraction of sp³-hybridized carbons (Fsp3) is 0.320. The predicted molar refractivity (Wildman–Crippen MR) is 140 cm³/mol. The highest BCUT2D eigenvalue weighted by Gasteiger charge is 2.29. The number of rotatable bonds is 8. The minimum atomic E-state index is -0.789. The Balaban J connectivity index is 1.53. The molecule has 13 heteroatoms. The predicted octanol–water partition coefficient (Wildman–Crippen LogP) is 3.76. The Morgan fingerprint density at radius 1 is 1.18 bits per heavy atom. The Hall–Kier alpha value is -4.39. The number of anilines is 2. The molecule has 1 amide bonds. The van der Waals surface area contributed by atoms with Crippen molar-refractivity contribution >= 4 is 28.2 Å². The monoisotopic (exact) mass is 538 g/mol. The fourth-order valence-corrected chi connectivity index (χ4v) is 5.14. The van der Waals surface area contributed by atoms with Gasteiger partial charge in [0.05, 0.1) is 32.1 Å². The molecule has 1 aliphatic carbocycles. The molecule has 5 rings (SSSR count). The first kappa shape index (κ1) is 25.3. The van der Waals surface area contributed by atoms with Crippen LogP contribution in [0.5, 0.6) is 17.2 Å². The lowest BCUT2D eigenvalue weighted by Gasteiger charge is -2.19. The molecule has 4 aromatic rings. The van der Waals surface area contributed by atoms with Crippen molar-refractivity contribution < 1.29 is 23.4 Å². The number of hydrogen-bond donors (Lipinski definition) is 2. The number of nitrogens with one attached hydrogen (secondary N) is 1. The van der Waals surface area contributed by atoms with Crippen LogP contribution in [0, 0.1) is 5.92 Å². The van der Waals surface area contributed by atoms with E-state index in [9.17, 15) is 9.59 Å². The Morgan fingerprint density at radius 3 is 2.58 bits per heavy atom. The number of hydrogen-bond acceptors (Lipinski definition) is 11. The summed E-state index contributed by atoms with van der Waals surface area (Å²) < 4.78 is 24.1. The van der Waals surface area contributed by atoms with Gasteiger partial charge in [-0.2, -0.15) is 9.78 Å². The molecule has 3 heterocycles. The standard InChI is InChI=1S/C25H26N6O6S/c1-13-7-8-14(11-13)36-21-15(20-16(34-2)5-4-6-17(20)35-3)12-18(37-23(21)33)22(32)28-24-29-30-25(38-24)31-19(26)9-10-27-31/h4-6,9-10,12-14H,7-8,11,26H2,1-3H3,(H,28,29,32)/t13-,14-/m0/s1. The second-order valence-electron chi connectivity index (χ2n) is 8.85. The lowest BCUT2D eigenvalue weighted by Crippen LogP contribution is -2.21. The number of benzene rings is 1. The molecule has 1 aromatic carbocycles. The van der Waals surface area contributed by atoms with Gasteiger partial charge in [-0.15, -0.1) is 10.2 Å². The number of nitrogens with two attached hydrogens (primary N) is 1. The minimum absolute atomic E-state index is 0.00388. The van der Waals surface area contributed by atoms with E-state index in [0.29, 0.717) is 39.5 Å². The fourth-order valence-electron chi connectivity index (χ4n) is 4.42. The van der Waals surface area contributed by atoms with Crippen LogP contribution < -0.4 is 30.9 Å². The summed E-state index contributed by atoms with van der Waals surface area (Å²) in [4.78, 5) is 26.4. The summed E-state index contributed by atoms with van der Waals surface area (Å²) in [5.41, 5.74) is 5.86. The third-order valence-electron chi connectivity index (χ3n) is 6.25. The number of carbonyl (C=O) groups is 1. The summed E-state index contributed by atoms with van der Waals surface area (Å²) in [5.74, 6) is 0.779. The van der Waals surface area contributed by atoms with Gasteiger partial charge in [0.1, 0.15) is 17.3 Å². The van der Waals surface area contributed by atoms with Crippen LogP contribution in [-0.2, 0) is 0 Å². The SMILES string of the molecule is COc1cccc(OC)c1-c1cc(C(=O)Nc2nnc(-n3nccc3N)s2)oc(=O)c1O[C@H]1CC[C@H](C)C1. The first-order chi connectivity index (χ1) is 18.4. The zero-order valence-electron chi connectivity index (χ0n) is 21.0. The van der Waals surface area contributed by atoms with E-state index < -0.39 is 11.5 Å². The second kappa shape index (κ2) is 10.5. The zero-order valence-corrected chi connectivity index (χ0v) is 21.8. The zero-order chi connectivity index (χ0) is 26.8. The van der Waals surface area contributed by atoms with Crippen LogP contribution in [0.1, 0.15) is 36.7 Å². The smallest absolute Gasteiger partial charge is 0.379 e. The maximum Gasteiger partial charge on any atom is 0.379 e. The minimum Gasteiger partial charge on any atom is -0.496 e. The molecule has 0 aliphatic heterocycles. The Labute approximate surface area is 221 Å². The molecule has 0 spiro atoms. The first-order valence-corrected chi connectivity index (χ1v) is 12.7. The summed E-state index contributed by atoms with van der Waals surface area (Å²) in [6.45, 7) is 2.14. The largest absolute Gasteiger partial charge is 0.496 e. The summed E-state index contributed by atoms with van der Waals surface area (Å²) >= 11 is 1.05. The molecule has 38 heavy (non-hydrogen) atoms. The van der Waals surface area contributed by atoms with E-state index in [0.717, 1.165) is 30.6 Å². The average Bonchev–Trinajstić information content (AvgIpc) is 3.65. The van der Waals surface area contributed by atoms with E-state index in [1.54, 1.807) is 24.3 Å². The van der Waals surface area contributed by atoms with Gasteiger partial charge in [-0.05, 0) is 43.4 Å². The van der Waals surface area contributed by atoms with Gasteiger partial charge >= 0.3 is 5.63 Å². The maximum absolute atomic E-state index is 13.3. The van der Waals surface area contributed by atoms with Gasteiger partial charge in [0.25, 0.3) is 5.91 Å². The molecule has 12 nitrogen and oxygen atoms in total. The number of ether oxygens (including phenoxy) is 3. The van der Waals surface area contributed by atoms with Crippen molar-refractivity contribution in [3.8, 4) is 33.5 Å². The molecule has 2 atom stereocenters. The van der Waals surface area contributed by atoms with Crippen molar-refractivity contribution in [2.45, 2.75) is 32.3 Å². The van der Waals surface area contributed by atoms with Gasteiger partial charge in [0.2, 0.25) is 16.0 Å². The normalized spacial score (nSPS) is 16.8. The lowest BCUT2D eigenvalue weighted by molar-refractivity contribution is 0.0990. The number of amides is 1. The van der Waals surface area contributed by atoms with Crippen molar-refractivity contribution in [2.75, 3.05) is 25.3 Å². The van der Waals surface area contributed by atoms with E-state index >= 15 is 0 Å². The van der Waals surface area contributed by atoms with Crippen molar-refractivity contribution in [3.05, 3.63) is 52.7 Å². The topological polar surface area (TPSA) is 157 Å². The van der Waals surface area contributed by atoms with Crippen molar-refractivity contribution in [2.24, 2.45) is 5.92 Å². The van der Waals surface area contributed by atoms with Crippen molar-refractivity contribution in [1.29, 1.82) is 0 Å². The number of nitrogen functional groups attached to an aromatic ring is 1. The van der Waals surface area contributed by atoms with Crippen LogP contribution in [0.4, 0.5) is 10.9 Å². The molecule has 0 unspecified atom stereocenters. The quantitative estimate of drug-likeness (QED) is 0.338. The average molecular weight is 539 g/mol. The molecule has 3 aromatic heterocycles. The van der Waals surface area contributed by atoms with E-state index in [1.807, 2.05) is 0 Å². The molecule has 1 fully saturated rings. The molecule has 0 bridgehead atoms. The Kier molecular flexibility index (Phi) is 7.01. The van der Waals surface area contributed by atoms with Crippen LogP contribution in [0.3, 0.4) is 0 Å². The maximum atomic E-state index is 13.3. The molecule has 1 aliphatic rings. The molecular weight excluding hydrogens is 512 g/mol. The van der Waals surface area contributed by atoms with Crippen molar-refractivity contribution in [1.82, 2.24) is 20.0 Å². The van der Waals surface area contributed by atoms with Gasteiger partial charge in [-0.25, -0.2) is 4.79 Å². The highest BCUT2D eigenvalue weighted by molar-refractivity contribution is 7.17. The molecule has 0 radical (unpaired) electrons. The number of aromatic nitrogens is 4. The number of nitrogens with zero attached hydrogens (tertiary/aromatic N) is 4. The molecular formula is C25H26N6O6S. The van der Waals surface area contributed by atoms with Crippen molar-refractivity contribution in [3.63, 3.8) is 0 Å². The van der Waals surface area contributed by atoms with Crippen LogP contribution in [0.2, 0.25) is 0 Å². The second-order valence-corrected chi connectivity index (χ2v) is 9.80. The van der Waals surface area contributed by atoms with Crippen LogP contribution >= 0.6 is 11.3 Å². The van der Waals surface area contributed by atoms with Crippen LogP contribution in [0.15, 0.2) is 45.7 Å². The van der Waals surface area contributed by atoms with Crippen LogP contribution in [0.25, 0.3) is 16.3 Å². The molecule has 0 saturated heterocycles. The Bertz CT molecular complexity index is 1510. The van der Waals surface area contributed by atoms with Gasteiger partial charge < -0.3 is 24.4 Å². The number of carbonyl (C=O) groups excluding carboxylic acids is 1. The van der Waals surface area contributed by atoms with Gasteiger partial charge in [0, 0.05) is 11.6 Å². The highest BCUT2D eigenvalue weighted by atomic mass is 32.1. The molecule has 198 valence electrons. The third-order valence-corrected chi connectivity index (χ3v) is 7.06. The molecule has 3 N–H and O–H groups in total. The summed E-state index contributed by atoms with van der Waals surface area (Å²) in [5, 5.41) is 15.2. The van der Waals surface area contributed by atoms with E-state index in [2.05, 4.69) is 27.5 Å². The first-order valence-electron chi connectivity index (χ1n) is 11.9. The van der Waals surface area contributed by atoms with Gasteiger partial charge in [0.15, 0.2) is 5.76 Å². The number of methoxy groups -OCH3 is 2. The summed E-state index contributed by atoms with van der Waals surface area (Å²) in [6.07, 6.45) is 3.99. The van der Waals surface area contributed by atoms with E-state index in [-0.39, 0.29) is 22.7 Å². The summed E-state index contributed by atoms with van der Waals surface area (Å²) in [6, 6.07) is 8.28. The highest BCUT2D eigenvalue weighted by Crippen LogP contribution is 2.43. The summed E-state index contributed by atoms with van der Waals surface area (Å²) in [7, 11) is 3.02. The van der Waals surface area contributed by atoms with E-state index in [1.165, 1.54) is 31.2 Å². The third kappa shape index (κ3) is 4.92.